The smallest absolute Gasteiger partial charge is 0.338 e. The molecule has 0 saturated carbocycles. The van der Waals surface area contributed by atoms with Crippen molar-refractivity contribution in [2.75, 3.05) is 6.61 Å². The molecule has 1 aromatic carbocycles. The Bertz CT molecular complexity index is 305. The first kappa shape index (κ1) is 9.74. The van der Waals surface area contributed by atoms with Crippen molar-refractivity contribution in [3.05, 3.63) is 34.9 Å². The number of benzene rings is 1. The normalized spacial score (nSPS) is 9.31. The summed E-state index contributed by atoms with van der Waals surface area (Å²) in [4.78, 5) is 21.0. The van der Waals surface area contributed by atoms with E-state index >= 15 is 0 Å². The fourth-order valence-corrected chi connectivity index (χ4v) is 0.905. The second kappa shape index (κ2) is 4.62. The molecule has 0 spiro atoms. The van der Waals surface area contributed by atoms with Crippen LogP contribution in [0.5, 0.6) is 0 Å². The van der Waals surface area contributed by atoms with Gasteiger partial charge in [0.05, 0.1) is 5.56 Å². The number of carbonyl (C=O) groups excluding carboxylic acids is 2. The van der Waals surface area contributed by atoms with Gasteiger partial charge in [0, 0.05) is 5.02 Å². The molecule has 1 aromatic rings. The van der Waals surface area contributed by atoms with Gasteiger partial charge < -0.3 is 4.74 Å². The maximum absolute atomic E-state index is 11.1. The Morgan fingerprint density at radius 3 is 2.54 bits per heavy atom. The maximum atomic E-state index is 11.1. The summed E-state index contributed by atoms with van der Waals surface area (Å²) in [7, 11) is 0. The second-order valence-corrected chi connectivity index (χ2v) is 2.71. The summed E-state index contributed by atoms with van der Waals surface area (Å²) < 4.78 is 4.57. The third-order valence-corrected chi connectivity index (χ3v) is 1.61. The summed E-state index contributed by atoms with van der Waals surface area (Å²) in [6.45, 7) is -0.221. The summed E-state index contributed by atoms with van der Waals surface area (Å²) in [5.41, 5.74) is 0.381. The highest BCUT2D eigenvalue weighted by Crippen LogP contribution is 2.09. The number of ether oxygens (including phenoxy) is 1. The molecule has 4 heteroatoms. The summed E-state index contributed by atoms with van der Waals surface area (Å²) in [6.07, 6.45) is 0.522. The maximum Gasteiger partial charge on any atom is 0.338 e. The molecule has 0 bridgehead atoms. The van der Waals surface area contributed by atoms with Crippen molar-refractivity contribution >= 4 is 23.9 Å². The summed E-state index contributed by atoms with van der Waals surface area (Å²) in [6, 6.07) is 6.24. The molecule has 0 aliphatic heterocycles. The minimum absolute atomic E-state index is 0.221. The molecule has 13 heavy (non-hydrogen) atoms. The van der Waals surface area contributed by atoms with Crippen LogP contribution in [0.2, 0.25) is 5.02 Å². The standard InChI is InChI=1S/C9H7ClO3/c10-8-3-1-7(2-4-8)9(12)13-6-5-11/h1-5H,6H2. The highest BCUT2D eigenvalue weighted by molar-refractivity contribution is 6.30. The van der Waals surface area contributed by atoms with Gasteiger partial charge in [-0.05, 0) is 24.3 Å². The van der Waals surface area contributed by atoms with Gasteiger partial charge in [-0.15, -0.1) is 0 Å². The fraction of sp³-hybridized carbons (Fsp3) is 0.111. The van der Waals surface area contributed by atoms with E-state index in [1.165, 1.54) is 12.1 Å². The molecular weight excluding hydrogens is 192 g/mol. The number of halogens is 1. The van der Waals surface area contributed by atoms with E-state index in [-0.39, 0.29) is 6.61 Å². The van der Waals surface area contributed by atoms with Crippen LogP contribution in [0.15, 0.2) is 24.3 Å². The number of hydrogen-bond donors (Lipinski definition) is 0. The average Bonchev–Trinajstić information content (AvgIpc) is 2.15. The molecule has 0 aromatic heterocycles. The lowest BCUT2D eigenvalue weighted by Gasteiger charge is -1.99. The van der Waals surface area contributed by atoms with Crippen LogP contribution in [0.25, 0.3) is 0 Å². The molecule has 0 fully saturated rings. The molecule has 0 saturated heterocycles. The van der Waals surface area contributed by atoms with Crippen LogP contribution in [-0.4, -0.2) is 18.9 Å². The highest BCUT2D eigenvalue weighted by Gasteiger charge is 2.05. The van der Waals surface area contributed by atoms with Gasteiger partial charge in [0.25, 0.3) is 0 Å². The van der Waals surface area contributed by atoms with Crippen LogP contribution < -0.4 is 0 Å². The minimum atomic E-state index is -0.524. The summed E-state index contributed by atoms with van der Waals surface area (Å²) in [5.74, 6) is -0.524. The van der Waals surface area contributed by atoms with Gasteiger partial charge in [-0.3, -0.25) is 4.79 Å². The SMILES string of the molecule is O=CCOC(=O)c1ccc(Cl)cc1. The van der Waals surface area contributed by atoms with Crippen molar-refractivity contribution < 1.29 is 14.3 Å². The lowest BCUT2D eigenvalue weighted by atomic mass is 10.2. The van der Waals surface area contributed by atoms with Crippen molar-refractivity contribution in [2.24, 2.45) is 0 Å². The first-order chi connectivity index (χ1) is 6.24. The Morgan fingerprint density at radius 2 is 2.00 bits per heavy atom. The third-order valence-electron chi connectivity index (χ3n) is 1.36. The zero-order valence-electron chi connectivity index (χ0n) is 6.70. The molecule has 0 amide bonds. The van der Waals surface area contributed by atoms with Crippen LogP contribution in [0.1, 0.15) is 10.4 Å². The van der Waals surface area contributed by atoms with E-state index < -0.39 is 5.97 Å². The van der Waals surface area contributed by atoms with E-state index in [1.807, 2.05) is 0 Å². The molecule has 0 atom stereocenters. The molecule has 0 aliphatic carbocycles. The van der Waals surface area contributed by atoms with Crippen molar-refractivity contribution in [3.63, 3.8) is 0 Å². The molecule has 0 aliphatic rings. The monoisotopic (exact) mass is 198 g/mol. The first-order valence-electron chi connectivity index (χ1n) is 3.60. The van der Waals surface area contributed by atoms with Gasteiger partial charge in [-0.1, -0.05) is 11.6 Å². The van der Waals surface area contributed by atoms with Gasteiger partial charge in [0.1, 0.15) is 6.61 Å². The predicted molar refractivity (Wildman–Crippen MR) is 47.8 cm³/mol. The van der Waals surface area contributed by atoms with Crippen molar-refractivity contribution in [2.45, 2.75) is 0 Å². The molecule has 0 heterocycles. The Labute approximate surface area is 80.3 Å². The highest BCUT2D eigenvalue weighted by atomic mass is 35.5. The Kier molecular flexibility index (Phi) is 3.46. The molecule has 0 N–H and O–H groups in total. The van der Waals surface area contributed by atoms with Crippen molar-refractivity contribution in [3.8, 4) is 0 Å². The van der Waals surface area contributed by atoms with Gasteiger partial charge in [0.15, 0.2) is 6.29 Å². The molecule has 0 radical (unpaired) electrons. The lowest BCUT2D eigenvalue weighted by molar-refractivity contribution is -0.110. The Morgan fingerprint density at radius 1 is 1.38 bits per heavy atom. The van der Waals surface area contributed by atoms with Gasteiger partial charge in [-0.25, -0.2) is 4.79 Å². The number of aldehydes is 1. The zero-order valence-corrected chi connectivity index (χ0v) is 7.45. The van der Waals surface area contributed by atoms with Crippen LogP contribution in [0, 0.1) is 0 Å². The molecule has 68 valence electrons. The molecular formula is C9H7ClO3. The molecule has 3 nitrogen and oxygen atoms in total. The molecule has 0 unspecified atom stereocenters. The first-order valence-corrected chi connectivity index (χ1v) is 3.98. The van der Waals surface area contributed by atoms with Gasteiger partial charge >= 0.3 is 5.97 Å². The van der Waals surface area contributed by atoms with Crippen LogP contribution in [-0.2, 0) is 9.53 Å². The summed E-state index contributed by atoms with van der Waals surface area (Å²) in [5, 5.41) is 0.548. The van der Waals surface area contributed by atoms with Crippen LogP contribution >= 0.6 is 11.6 Å². The van der Waals surface area contributed by atoms with Crippen molar-refractivity contribution in [1.29, 1.82) is 0 Å². The van der Waals surface area contributed by atoms with Gasteiger partial charge in [-0.2, -0.15) is 0 Å². The van der Waals surface area contributed by atoms with E-state index in [2.05, 4.69) is 4.74 Å². The van der Waals surface area contributed by atoms with Crippen LogP contribution in [0.3, 0.4) is 0 Å². The number of carbonyl (C=O) groups is 2. The van der Waals surface area contributed by atoms with E-state index in [0.717, 1.165) is 0 Å². The summed E-state index contributed by atoms with van der Waals surface area (Å²) >= 11 is 5.61. The number of esters is 1. The fourth-order valence-electron chi connectivity index (χ4n) is 0.779. The van der Waals surface area contributed by atoms with E-state index in [9.17, 15) is 9.59 Å². The third kappa shape index (κ3) is 2.87. The minimum Gasteiger partial charge on any atom is -0.454 e. The van der Waals surface area contributed by atoms with Crippen LogP contribution in [0.4, 0.5) is 0 Å². The van der Waals surface area contributed by atoms with Crippen molar-refractivity contribution in [1.82, 2.24) is 0 Å². The zero-order chi connectivity index (χ0) is 9.68. The predicted octanol–water partition coefficient (Wildman–Crippen LogP) is 1.70. The number of rotatable bonds is 3. The largest absolute Gasteiger partial charge is 0.454 e. The number of hydrogen-bond acceptors (Lipinski definition) is 3. The van der Waals surface area contributed by atoms with E-state index in [4.69, 9.17) is 11.6 Å². The Balaban J connectivity index is 2.66. The average molecular weight is 199 g/mol. The second-order valence-electron chi connectivity index (χ2n) is 2.27. The molecule has 1 rings (SSSR count). The Hall–Kier alpha value is -1.35. The van der Waals surface area contributed by atoms with Gasteiger partial charge in [0.2, 0.25) is 0 Å². The topological polar surface area (TPSA) is 43.4 Å². The van der Waals surface area contributed by atoms with E-state index in [0.29, 0.717) is 16.9 Å². The quantitative estimate of drug-likeness (QED) is 0.549. The lowest BCUT2D eigenvalue weighted by Crippen LogP contribution is -2.06. The van der Waals surface area contributed by atoms with E-state index in [1.54, 1.807) is 12.1 Å².